The lowest BCUT2D eigenvalue weighted by Crippen LogP contribution is -2.34. The molecule has 180 valence electrons. The molecule has 0 spiro atoms. The standard InChI is InChI=1S/C24H45BO6/c1-4-7-10-13-16-19-22(26)29-25(30-23(27)20-17-14-11-8-5-2)31-24(28)21-18-15-12-9-6-3/h4-21H2,1-3H3. The molecule has 6 nitrogen and oxygen atoms in total. The van der Waals surface area contributed by atoms with Crippen molar-refractivity contribution in [3.63, 3.8) is 0 Å². The average molecular weight is 440 g/mol. The fraction of sp³-hybridized carbons (Fsp3) is 0.875. The zero-order chi connectivity index (χ0) is 23.2. The summed E-state index contributed by atoms with van der Waals surface area (Å²) in [7, 11) is -1.57. The highest BCUT2D eigenvalue weighted by atomic mass is 16.8. The van der Waals surface area contributed by atoms with Crippen molar-refractivity contribution >= 4 is 25.2 Å². The molecule has 0 radical (unpaired) electrons. The molecule has 0 aromatic heterocycles. The second kappa shape index (κ2) is 21.7. The van der Waals surface area contributed by atoms with Crippen LogP contribution >= 0.6 is 0 Å². The molecule has 0 heterocycles. The Morgan fingerprint density at radius 3 is 0.968 bits per heavy atom. The quantitative estimate of drug-likeness (QED) is 0.146. The van der Waals surface area contributed by atoms with Gasteiger partial charge in [0, 0.05) is 19.3 Å². The molecule has 0 saturated carbocycles. The monoisotopic (exact) mass is 440 g/mol. The van der Waals surface area contributed by atoms with Gasteiger partial charge in [0.05, 0.1) is 0 Å². The summed E-state index contributed by atoms with van der Waals surface area (Å²) in [5.74, 6) is -1.52. The summed E-state index contributed by atoms with van der Waals surface area (Å²) in [5, 5.41) is 0. The first-order valence-electron chi connectivity index (χ1n) is 12.6. The fourth-order valence-electron chi connectivity index (χ4n) is 3.19. The van der Waals surface area contributed by atoms with E-state index in [0.29, 0.717) is 19.3 Å². The highest BCUT2D eigenvalue weighted by Crippen LogP contribution is 2.11. The van der Waals surface area contributed by atoms with Crippen LogP contribution in [-0.4, -0.2) is 25.2 Å². The van der Waals surface area contributed by atoms with Gasteiger partial charge >= 0.3 is 7.32 Å². The third-order valence-electron chi connectivity index (χ3n) is 5.14. The first-order chi connectivity index (χ1) is 15.0. The number of rotatable bonds is 21. The second-order valence-electron chi connectivity index (χ2n) is 8.25. The Morgan fingerprint density at radius 2 is 0.710 bits per heavy atom. The Balaban J connectivity index is 4.43. The lowest BCUT2D eigenvalue weighted by molar-refractivity contribution is -0.148. The van der Waals surface area contributed by atoms with E-state index in [4.69, 9.17) is 14.0 Å². The van der Waals surface area contributed by atoms with Crippen LogP contribution in [0.2, 0.25) is 0 Å². The zero-order valence-electron chi connectivity index (χ0n) is 20.3. The van der Waals surface area contributed by atoms with Crippen molar-refractivity contribution in [3.8, 4) is 0 Å². The lowest BCUT2D eigenvalue weighted by atomic mass is 10.1. The molecule has 0 rings (SSSR count). The van der Waals surface area contributed by atoms with Crippen LogP contribution in [0.15, 0.2) is 0 Å². The van der Waals surface area contributed by atoms with E-state index in [1.54, 1.807) is 0 Å². The predicted molar refractivity (Wildman–Crippen MR) is 124 cm³/mol. The molecule has 0 aliphatic carbocycles. The molecular formula is C24H45BO6. The Morgan fingerprint density at radius 1 is 0.452 bits per heavy atom. The summed E-state index contributed by atoms with van der Waals surface area (Å²) < 4.78 is 15.5. The number of hydrogen-bond donors (Lipinski definition) is 0. The van der Waals surface area contributed by atoms with Crippen LogP contribution in [0.1, 0.15) is 136 Å². The van der Waals surface area contributed by atoms with E-state index in [9.17, 15) is 14.4 Å². The number of hydrogen-bond acceptors (Lipinski definition) is 6. The summed E-state index contributed by atoms with van der Waals surface area (Å²) in [4.78, 5) is 36.3. The zero-order valence-corrected chi connectivity index (χ0v) is 20.3. The third kappa shape index (κ3) is 20.1. The van der Waals surface area contributed by atoms with Crippen LogP contribution in [-0.2, 0) is 28.3 Å². The highest BCUT2D eigenvalue weighted by molar-refractivity contribution is 6.44. The van der Waals surface area contributed by atoms with E-state index in [0.717, 1.165) is 77.0 Å². The van der Waals surface area contributed by atoms with Crippen molar-refractivity contribution in [2.45, 2.75) is 136 Å². The third-order valence-corrected chi connectivity index (χ3v) is 5.14. The fourth-order valence-corrected chi connectivity index (χ4v) is 3.19. The molecule has 0 atom stereocenters. The van der Waals surface area contributed by atoms with Gasteiger partial charge in [-0.05, 0) is 19.3 Å². The van der Waals surface area contributed by atoms with Crippen LogP contribution in [0.4, 0.5) is 0 Å². The van der Waals surface area contributed by atoms with Crippen LogP contribution in [0.5, 0.6) is 0 Å². The van der Waals surface area contributed by atoms with Crippen molar-refractivity contribution < 1.29 is 28.3 Å². The van der Waals surface area contributed by atoms with Crippen LogP contribution in [0.3, 0.4) is 0 Å². The minimum absolute atomic E-state index is 0.226. The highest BCUT2D eigenvalue weighted by Gasteiger charge is 2.35. The molecule has 0 aromatic rings. The van der Waals surface area contributed by atoms with Crippen molar-refractivity contribution in [1.82, 2.24) is 0 Å². The lowest BCUT2D eigenvalue weighted by Gasteiger charge is -2.14. The van der Waals surface area contributed by atoms with E-state index in [2.05, 4.69) is 20.8 Å². The van der Waals surface area contributed by atoms with E-state index in [1.807, 2.05) is 0 Å². The molecule has 0 N–H and O–H groups in total. The SMILES string of the molecule is CCCCCCCC(=O)OB(OC(=O)CCCCCCC)OC(=O)CCCCCCC. The number of carbonyl (C=O) groups is 3. The maximum Gasteiger partial charge on any atom is 0.870 e. The molecule has 7 heteroatoms. The van der Waals surface area contributed by atoms with Gasteiger partial charge in [-0.3, -0.25) is 14.4 Å². The van der Waals surface area contributed by atoms with Gasteiger partial charge in [-0.15, -0.1) is 0 Å². The van der Waals surface area contributed by atoms with Crippen LogP contribution in [0.25, 0.3) is 0 Å². The number of unbranched alkanes of at least 4 members (excludes halogenated alkanes) is 12. The molecule has 0 amide bonds. The van der Waals surface area contributed by atoms with Crippen LogP contribution < -0.4 is 0 Å². The molecule has 31 heavy (non-hydrogen) atoms. The Labute approximate surface area is 190 Å². The first-order valence-corrected chi connectivity index (χ1v) is 12.6. The maximum absolute atomic E-state index is 12.1. The largest absolute Gasteiger partial charge is 0.870 e. The molecule has 0 fully saturated rings. The van der Waals surface area contributed by atoms with Crippen molar-refractivity contribution in [2.75, 3.05) is 0 Å². The van der Waals surface area contributed by atoms with Crippen molar-refractivity contribution in [3.05, 3.63) is 0 Å². The molecule has 0 saturated heterocycles. The summed E-state index contributed by atoms with van der Waals surface area (Å²) in [6, 6.07) is 0. The minimum atomic E-state index is -1.57. The second-order valence-corrected chi connectivity index (χ2v) is 8.25. The van der Waals surface area contributed by atoms with E-state index in [-0.39, 0.29) is 19.3 Å². The van der Waals surface area contributed by atoms with E-state index in [1.165, 1.54) is 0 Å². The Kier molecular flexibility index (Phi) is 20.6. The molecule has 0 aliphatic rings. The van der Waals surface area contributed by atoms with Gasteiger partial charge in [0.25, 0.3) is 17.9 Å². The van der Waals surface area contributed by atoms with Crippen LogP contribution in [0, 0.1) is 0 Å². The smallest absolute Gasteiger partial charge is 0.462 e. The van der Waals surface area contributed by atoms with Gasteiger partial charge in [0.1, 0.15) is 0 Å². The van der Waals surface area contributed by atoms with Gasteiger partial charge in [-0.2, -0.15) is 0 Å². The molecule has 0 bridgehead atoms. The summed E-state index contributed by atoms with van der Waals surface area (Å²) in [6.07, 6.45) is 15.7. The molecule has 0 unspecified atom stereocenters. The van der Waals surface area contributed by atoms with Gasteiger partial charge in [0.2, 0.25) is 0 Å². The van der Waals surface area contributed by atoms with Crippen molar-refractivity contribution in [2.24, 2.45) is 0 Å². The van der Waals surface area contributed by atoms with E-state index >= 15 is 0 Å². The topological polar surface area (TPSA) is 78.9 Å². The molecule has 0 aliphatic heterocycles. The first kappa shape index (κ1) is 29.5. The van der Waals surface area contributed by atoms with E-state index < -0.39 is 25.2 Å². The summed E-state index contributed by atoms with van der Waals surface area (Å²) in [5.41, 5.74) is 0. The van der Waals surface area contributed by atoms with Gasteiger partial charge in [-0.25, -0.2) is 0 Å². The van der Waals surface area contributed by atoms with Crippen molar-refractivity contribution in [1.29, 1.82) is 0 Å². The Hall–Kier alpha value is -1.53. The summed E-state index contributed by atoms with van der Waals surface area (Å²) in [6.45, 7) is 6.40. The molecular weight excluding hydrogens is 395 g/mol. The maximum atomic E-state index is 12.1. The average Bonchev–Trinajstić information content (AvgIpc) is 2.73. The minimum Gasteiger partial charge on any atom is -0.462 e. The van der Waals surface area contributed by atoms with Gasteiger partial charge < -0.3 is 14.0 Å². The molecule has 0 aromatic carbocycles. The van der Waals surface area contributed by atoms with Gasteiger partial charge in [-0.1, -0.05) is 97.8 Å². The predicted octanol–water partition coefficient (Wildman–Crippen LogP) is 6.68. The Bertz CT molecular complexity index is 402. The van der Waals surface area contributed by atoms with Gasteiger partial charge in [0.15, 0.2) is 0 Å². The number of carbonyl (C=O) groups excluding carboxylic acids is 3. The summed E-state index contributed by atoms with van der Waals surface area (Å²) >= 11 is 0. The normalized spacial score (nSPS) is 10.5.